The lowest BCUT2D eigenvalue weighted by Crippen LogP contribution is -2.51. The monoisotopic (exact) mass is 345 g/mol. The Morgan fingerprint density at radius 1 is 1.33 bits per heavy atom. The average molecular weight is 345 g/mol. The van der Waals surface area contributed by atoms with Crippen LogP contribution in [-0.4, -0.2) is 41.3 Å². The first-order chi connectivity index (χ1) is 11.7. The Labute approximate surface area is 146 Å². The summed E-state index contributed by atoms with van der Waals surface area (Å²) in [5.74, 6) is 0.0404. The van der Waals surface area contributed by atoms with Crippen molar-refractivity contribution in [1.82, 2.24) is 15.2 Å². The maximum Gasteiger partial charge on any atom is 0.242 e. The second-order valence-electron chi connectivity index (χ2n) is 6.14. The van der Waals surface area contributed by atoms with Crippen molar-refractivity contribution >= 4 is 33.4 Å². The highest BCUT2D eigenvalue weighted by molar-refractivity contribution is 7.18. The first-order valence-corrected chi connectivity index (χ1v) is 9.36. The minimum absolute atomic E-state index is 0.0470. The quantitative estimate of drug-likeness (QED) is 0.906. The maximum absolute atomic E-state index is 12.5. The van der Waals surface area contributed by atoms with Gasteiger partial charge in [-0.2, -0.15) is 0 Å². The number of carbonyl (C=O) groups is 2. The normalized spacial score (nSPS) is 17.9. The summed E-state index contributed by atoms with van der Waals surface area (Å²) in [7, 11) is 1.63. The van der Waals surface area contributed by atoms with E-state index in [0.717, 1.165) is 42.6 Å². The number of para-hydroxylation sites is 1. The second kappa shape index (κ2) is 7.75. The molecule has 0 aliphatic carbocycles. The van der Waals surface area contributed by atoms with E-state index in [1.54, 1.807) is 23.3 Å². The van der Waals surface area contributed by atoms with Crippen LogP contribution < -0.4 is 5.32 Å². The van der Waals surface area contributed by atoms with Crippen molar-refractivity contribution in [2.75, 3.05) is 13.6 Å². The highest BCUT2D eigenvalue weighted by atomic mass is 32.1. The number of nitrogens with zero attached hydrogens (tertiary/aromatic N) is 2. The molecule has 1 aromatic heterocycles. The van der Waals surface area contributed by atoms with E-state index in [4.69, 9.17) is 0 Å². The lowest BCUT2D eigenvalue weighted by Gasteiger charge is -2.34. The van der Waals surface area contributed by atoms with Crippen LogP contribution in [0.15, 0.2) is 24.3 Å². The number of piperidine rings is 1. The Hall–Kier alpha value is -1.95. The number of fused-ring (bicyclic) bond motifs is 1. The summed E-state index contributed by atoms with van der Waals surface area (Å²) in [6.07, 6.45) is 4.82. The highest BCUT2D eigenvalue weighted by Crippen LogP contribution is 2.23. The third-order valence-electron chi connectivity index (χ3n) is 4.49. The van der Waals surface area contributed by atoms with Crippen LogP contribution in [0.4, 0.5) is 0 Å². The van der Waals surface area contributed by atoms with E-state index in [0.29, 0.717) is 13.0 Å². The fourth-order valence-electron chi connectivity index (χ4n) is 3.23. The molecule has 1 aromatic carbocycles. The van der Waals surface area contributed by atoms with Crippen molar-refractivity contribution in [1.29, 1.82) is 0 Å². The van der Waals surface area contributed by atoms with Crippen LogP contribution in [0.1, 0.15) is 37.1 Å². The topological polar surface area (TPSA) is 62.3 Å². The number of amides is 2. The van der Waals surface area contributed by atoms with Crippen LogP contribution in [-0.2, 0) is 16.0 Å². The predicted molar refractivity (Wildman–Crippen MR) is 96.0 cm³/mol. The predicted octanol–water partition coefficient (Wildman–Crippen LogP) is 2.75. The number of aromatic nitrogens is 1. The number of thiazole rings is 1. The van der Waals surface area contributed by atoms with Crippen molar-refractivity contribution < 1.29 is 9.59 Å². The molecule has 3 rings (SSSR count). The number of likely N-dealkylation sites (N-methyl/N-ethyl adjacent to an activating group) is 1. The Morgan fingerprint density at radius 2 is 2.17 bits per heavy atom. The van der Waals surface area contributed by atoms with Gasteiger partial charge in [0, 0.05) is 20.0 Å². The molecule has 0 spiro atoms. The van der Waals surface area contributed by atoms with Gasteiger partial charge in [-0.15, -0.1) is 11.3 Å². The standard InChI is InChI=1S/C18H23N3O2S/c1-19-18(23)14-8-4-5-12-21(14)17(22)11-6-10-16-20-13-7-2-3-9-15(13)24-16/h2-3,7,9,14H,4-6,8,10-12H2,1H3,(H,19,23). The zero-order valence-electron chi connectivity index (χ0n) is 14.0. The summed E-state index contributed by atoms with van der Waals surface area (Å²) >= 11 is 1.69. The Bertz CT molecular complexity index is 695. The Balaban J connectivity index is 1.55. The van der Waals surface area contributed by atoms with E-state index in [9.17, 15) is 9.59 Å². The van der Waals surface area contributed by atoms with Crippen LogP contribution in [0.3, 0.4) is 0 Å². The number of rotatable bonds is 5. The van der Waals surface area contributed by atoms with Gasteiger partial charge in [0.15, 0.2) is 0 Å². The van der Waals surface area contributed by atoms with Crippen molar-refractivity contribution in [3.8, 4) is 0 Å². The molecule has 1 unspecified atom stereocenters. The van der Waals surface area contributed by atoms with Crippen LogP contribution in [0.25, 0.3) is 10.2 Å². The molecule has 1 fully saturated rings. The summed E-state index contributed by atoms with van der Waals surface area (Å²) in [6, 6.07) is 7.80. The minimum Gasteiger partial charge on any atom is -0.357 e. The smallest absolute Gasteiger partial charge is 0.242 e. The van der Waals surface area contributed by atoms with Gasteiger partial charge in [-0.3, -0.25) is 9.59 Å². The van der Waals surface area contributed by atoms with Gasteiger partial charge < -0.3 is 10.2 Å². The average Bonchev–Trinajstić information content (AvgIpc) is 3.03. The van der Waals surface area contributed by atoms with E-state index >= 15 is 0 Å². The number of benzene rings is 1. The van der Waals surface area contributed by atoms with E-state index < -0.39 is 0 Å². The zero-order valence-corrected chi connectivity index (χ0v) is 14.8. The van der Waals surface area contributed by atoms with Gasteiger partial charge in [0.25, 0.3) is 0 Å². The number of hydrogen-bond donors (Lipinski definition) is 1. The molecule has 24 heavy (non-hydrogen) atoms. The molecule has 0 saturated carbocycles. The summed E-state index contributed by atoms with van der Waals surface area (Å²) in [6.45, 7) is 0.693. The number of nitrogens with one attached hydrogen (secondary N) is 1. The van der Waals surface area contributed by atoms with Gasteiger partial charge in [-0.05, 0) is 44.2 Å². The van der Waals surface area contributed by atoms with Crippen molar-refractivity contribution in [2.24, 2.45) is 0 Å². The van der Waals surface area contributed by atoms with Gasteiger partial charge in [0.1, 0.15) is 6.04 Å². The molecule has 0 bridgehead atoms. The number of hydrogen-bond acceptors (Lipinski definition) is 4. The number of aryl methyl sites for hydroxylation is 1. The van der Waals surface area contributed by atoms with Gasteiger partial charge in [0.2, 0.25) is 11.8 Å². The van der Waals surface area contributed by atoms with Crippen molar-refractivity contribution in [3.63, 3.8) is 0 Å². The SMILES string of the molecule is CNC(=O)C1CCCCN1C(=O)CCCc1nc2ccccc2s1. The molecule has 128 valence electrons. The largest absolute Gasteiger partial charge is 0.357 e. The molecule has 0 radical (unpaired) electrons. The third kappa shape index (κ3) is 3.75. The fourth-order valence-corrected chi connectivity index (χ4v) is 4.24. The van der Waals surface area contributed by atoms with E-state index in [2.05, 4.69) is 16.4 Å². The third-order valence-corrected chi connectivity index (χ3v) is 5.59. The van der Waals surface area contributed by atoms with E-state index in [1.807, 2.05) is 18.2 Å². The van der Waals surface area contributed by atoms with Gasteiger partial charge in [0.05, 0.1) is 15.2 Å². The highest BCUT2D eigenvalue weighted by Gasteiger charge is 2.30. The minimum atomic E-state index is -0.293. The lowest BCUT2D eigenvalue weighted by molar-refractivity contribution is -0.142. The molecular formula is C18H23N3O2S. The van der Waals surface area contributed by atoms with Gasteiger partial charge in [-0.1, -0.05) is 12.1 Å². The molecule has 2 amide bonds. The molecule has 6 heteroatoms. The van der Waals surface area contributed by atoms with Crippen LogP contribution >= 0.6 is 11.3 Å². The second-order valence-corrected chi connectivity index (χ2v) is 7.26. The first-order valence-electron chi connectivity index (χ1n) is 8.54. The van der Waals surface area contributed by atoms with Crippen molar-refractivity contribution in [2.45, 2.75) is 44.6 Å². The molecule has 5 nitrogen and oxygen atoms in total. The summed E-state index contributed by atoms with van der Waals surface area (Å²) in [5.41, 5.74) is 1.03. The molecule has 2 aromatic rings. The zero-order chi connectivity index (χ0) is 16.9. The van der Waals surface area contributed by atoms with Crippen LogP contribution in [0.2, 0.25) is 0 Å². The lowest BCUT2D eigenvalue weighted by atomic mass is 10.0. The molecule has 1 atom stereocenters. The fraction of sp³-hybridized carbons (Fsp3) is 0.500. The summed E-state index contributed by atoms with van der Waals surface area (Å²) < 4.78 is 1.19. The number of carbonyl (C=O) groups excluding carboxylic acids is 2. The Kier molecular flexibility index (Phi) is 5.45. The van der Waals surface area contributed by atoms with Crippen molar-refractivity contribution in [3.05, 3.63) is 29.3 Å². The molecular weight excluding hydrogens is 322 g/mol. The summed E-state index contributed by atoms with van der Waals surface area (Å²) in [4.78, 5) is 30.9. The molecule has 1 aliphatic rings. The molecule has 2 heterocycles. The maximum atomic E-state index is 12.5. The van der Waals surface area contributed by atoms with Gasteiger partial charge >= 0.3 is 0 Å². The molecule has 1 saturated heterocycles. The first kappa shape index (κ1) is 16.9. The number of likely N-dealkylation sites (tertiary alicyclic amines) is 1. The van der Waals surface area contributed by atoms with Crippen LogP contribution in [0, 0.1) is 0 Å². The van der Waals surface area contributed by atoms with Crippen LogP contribution in [0.5, 0.6) is 0 Å². The molecule has 1 N–H and O–H groups in total. The van der Waals surface area contributed by atoms with E-state index in [1.165, 1.54) is 4.70 Å². The summed E-state index contributed by atoms with van der Waals surface area (Å²) in [5, 5.41) is 3.75. The Morgan fingerprint density at radius 3 is 2.96 bits per heavy atom. The van der Waals surface area contributed by atoms with E-state index in [-0.39, 0.29) is 17.9 Å². The molecule has 1 aliphatic heterocycles. The van der Waals surface area contributed by atoms with Gasteiger partial charge in [-0.25, -0.2) is 4.98 Å².